The van der Waals surface area contributed by atoms with Crippen LogP contribution in [0.5, 0.6) is 11.5 Å². The SMILES string of the molecule is C=C(C)[C@@H]1CCC(C)=C[C@@]12C/C(O)=C(C(=O)OC1(C)CCC3=C(c4c(O)cc(CCCCC)cc4OC3(C)C)C1O)\C(CCCCC)=C/C(=O)N2. The molecule has 0 aromatic heterocycles. The molecule has 5 rings (SSSR count). The molecule has 0 saturated heterocycles. The fraction of sp³-hybridized carbons (Fsp3) is 0.581. The second kappa shape index (κ2) is 15.1. The highest BCUT2D eigenvalue weighted by Crippen LogP contribution is 2.53. The summed E-state index contributed by atoms with van der Waals surface area (Å²) in [4.78, 5) is 28.2. The van der Waals surface area contributed by atoms with Crippen LogP contribution in [0.15, 0.2) is 64.5 Å². The van der Waals surface area contributed by atoms with Crippen LogP contribution in [0.4, 0.5) is 0 Å². The zero-order chi connectivity index (χ0) is 37.3. The van der Waals surface area contributed by atoms with Gasteiger partial charge in [-0.3, -0.25) is 4.79 Å². The van der Waals surface area contributed by atoms with Crippen molar-refractivity contribution < 1.29 is 34.4 Å². The highest BCUT2D eigenvalue weighted by molar-refractivity contribution is 5.99. The minimum absolute atomic E-state index is 0.00505. The van der Waals surface area contributed by atoms with Gasteiger partial charge < -0.3 is 30.1 Å². The van der Waals surface area contributed by atoms with Crippen LogP contribution in [0, 0.1) is 5.92 Å². The maximum atomic E-state index is 14.5. The Kier molecular flexibility index (Phi) is 11.4. The summed E-state index contributed by atoms with van der Waals surface area (Å²) in [6.07, 6.45) is 11.4. The number of benzene rings is 1. The largest absolute Gasteiger partial charge is 0.511 e. The molecule has 8 heteroatoms. The number of carbonyl (C=O) groups excluding carboxylic acids is 2. The fourth-order valence-corrected chi connectivity index (χ4v) is 8.79. The first-order chi connectivity index (χ1) is 24.1. The zero-order valence-electron chi connectivity index (χ0n) is 31.8. The van der Waals surface area contributed by atoms with Crippen LogP contribution in [0.25, 0.3) is 5.57 Å². The molecule has 278 valence electrons. The number of nitrogens with one attached hydrogen (secondary N) is 1. The van der Waals surface area contributed by atoms with Crippen molar-refractivity contribution in [3.63, 3.8) is 0 Å². The van der Waals surface area contributed by atoms with Crippen LogP contribution in [0.3, 0.4) is 0 Å². The Balaban J connectivity index is 1.54. The summed E-state index contributed by atoms with van der Waals surface area (Å²) >= 11 is 0. The van der Waals surface area contributed by atoms with Gasteiger partial charge in [0, 0.05) is 24.0 Å². The van der Waals surface area contributed by atoms with Crippen LogP contribution in [-0.4, -0.2) is 50.0 Å². The number of aryl methyl sites for hydroxylation is 1. The van der Waals surface area contributed by atoms with E-state index < -0.39 is 28.8 Å². The first-order valence-electron chi connectivity index (χ1n) is 19.0. The molecular formula is C43H59NO7. The van der Waals surface area contributed by atoms with Crippen LogP contribution < -0.4 is 10.1 Å². The lowest BCUT2D eigenvalue weighted by Crippen LogP contribution is -2.55. The summed E-state index contributed by atoms with van der Waals surface area (Å²) in [7, 11) is 0. The average Bonchev–Trinajstić information content (AvgIpc) is 3.01. The smallest absolute Gasteiger partial charge is 0.342 e. The monoisotopic (exact) mass is 701 g/mol. The number of aliphatic hydroxyl groups excluding tert-OH is 2. The topological polar surface area (TPSA) is 125 Å². The van der Waals surface area contributed by atoms with E-state index in [1.165, 1.54) is 6.08 Å². The maximum absolute atomic E-state index is 14.5. The molecule has 2 unspecified atom stereocenters. The van der Waals surface area contributed by atoms with Crippen molar-refractivity contribution in [2.45, 2.75) is 155 Å². The summed E-state index contributed by atoms with van der Waals surface area (Å²) in [5.74, 6) is -0.881. The van der Waals surface area contributed by atoms with Crippen LogP contribution in [-0.2, 0) is 20.7 Å². The molecule has 1 aromatic rings. The molecule has 2 heterocycles. The van der Waals surface area contributed by atoms with Gasteiger partial charge in [0.05, 0.1) is 11.1 Å². The van der Waals surface area contributed by atoms with Gasteiger partial charge in [0.1, 0.15) is 40.1 Å². The molecule has 2 aliphatic carbocycles. The van der Waals surface area contributed by atoms with Crippen molar-refractivity contribution in [1.29, 1.82) is 0 Å². The van der Waals surface area contributed by atoms with Gasteiger partial charge in [-0.05, 0) is 115 Å². The van der Waals surface area contributed by atoms with Crippen LogP contribution in [0.1, 0.15) is 137 Å². The lowest BCUT2D eigenvalue weighted by molar-refractivity contribution is -0.163. The summed E-state index contributed by atoms with van der Waals surface area (Å²) < 4.78 is 12.8. The van der Waals surface area contributed by atoms with Crippen LogP contribution >= 0.6 is 0 Å². The van der Waals surface area contributed by atoms with Gasteiger partial charge in [0.25, 0.3) is 0 Å². The predicted octanol–water partition coefficient (Wildman–Crippen LogP) is 9.02. The van der Waals surface area contributed by atoms with Gasteiger partial charge in [0.15, 0.2) is 0 Å². The molecule has 4 aliphatic rings. The van der Waals surface area contributed by atoms with E-state index in [2.05, 4.69) is 25.7 Å². The van der Waals surface area contributed by atoms with Gasteiger partial charge in [-0.15, -0.1) is 0 Å². The number of allylic oxidation sites excluding steroid dienone is 1. The van der Waals surface area contributed by atoms with Crippen molar-refractivity contribution in [3.05, 3.63) is 75.6 Å². The number of fused-ring (bicyclic) bond motifs is 2. The van der Waals surface area contributed by atoms with E-state index in [-0.39, 0.29) is 35.3 Å². The van der Waals surface area contributed by atoms with Gasteiger partial charge >= 0.3 is 5.97 Å². The highest BCUT2D eigenvalue weighted by Gasteiger charge is 2.51. The van der Waals surface area contributed by atoms with E-state index in [9.17, 15) is 24.9 Å². The maximum Gasteiger partial charge on any atom is 0.342 e. The Labute approximate surface area is 304 Å². The van der Waals surface area contributed by atoms with E-state index >= 15 is 0 Å². The summed E-state index contributed by atoms with van der Waals surface area (Å²) in [6.45, 7) is 18.0. The normalized spacial score (nSPS) is 29.8. The van der Waals surface area contributed by atoms with Gasteiger partial charge in [0.2, 0.25) is 5.91 Å². The number of aliphatic hydroxyl groups is 2. The van der Waals surface area contributed by atoms with Gasteiger partial charge in [-0.25, -0.2) is 4.79 Å². The number of hydrogen-bond acceptors (Lipinski definition) is 7. The van der Waals surface area contributed by atoms with E-state index in [4.69, 9.17) is 9.47 Å². The van der Waals surface area contributed by atoms with E-state index in [0.29, 0.717) is 41.7 Å². The minimum atomic E-state index is -1.40. The number of rotatable bonds is 11. The Hall–Kier alpha value is -3.78. The molecule has 2 aliphatic heterocycles. The van der Waals surface area contributed by atoms with Crippen molar-refractivity contribution in [2.75, 3.05) is 0 Å². The van der Waals surface area contributed by atoms with E-state index in [1.807, 2.05) is 39.8 Å². The number of esters is 1. The Morgan fingerprint density at radius 2 is 1.75 bits per heavy atom. The average molecular weight is 702 g/mol. The molecule has 4 N–H and O–H groups in total. The lowest BCUT2D eigenvalue weighted by Gasteiger charge is -2.47. The Morgan fingerprint density at radius 3 is 2.41 bits per heavy atom. The van der Waals surface area contributed by atoms with Crippen molar-refractivity contribution in [3.8, 4) is 11.5 Å². The molecule has 0 bridgehead atoms. The predicted molar refractivity (Wildman–Crippen MR) is 201 cm³/mol. The third-order valence-electron chi connectivity index (χ3n) is 11.5. The third kappa shape index (κ3) is 7.72. The van der Waals surface area contributed by atoms with Crippen molar-refractivity contribution in [2.24, 2.45) is 5.92 Å². The Morgan fingerprint density at radius 1 is 1.06 bits per heavy atom. The molecule has 0 radical (unpaired) electrons. The molecule has 0 fully saturated rings. The van der Waals surface area contributed by atoms with Gasteiger partial charge in [-0.2, -0.15) is 0 Å². The van der Waals surface area contributed by atoms with Gasteiger partial charge in [-0.1, -0.05) is 63.3 Å². The Bertz CT molecular complexity index is 1690. The standard InChI is InChI=1S/C43H59NO7/c1-9-11-13-15-28-21-32(45)38-34(22-28)50-41(6,7)31-19-20-42(8,39(48)37(31)38)51-40(49)36-29(16-14-12-10-2)23-35(47)44-43(25-33(36)46)24-27(5)17-18-30(43)26(3)4/h21-24,30,39,45-46,48H,3,9-20,25H2,1-2,4-8H3,(H,44,47)/b29-23-,36-33-/t30-,39?,42?,43+/m0/s1. The molecule has 1 aromatic carbocycles. The fourth-order valence-electron chi connectivity index (χ4n) is 8.79. The lowest BCUT2D eigenvalue weighted by atomic mass is 9.69. The quantitative estimate of drug-likeness (QED) is 0.103. The zero-order valence-corrected chi connectivity index (χ0v) is 31.8. The number of unbranched alkanes of at least 4 members (excludes halogenated alkanes) is 4. The number of carbonyl (C=O) groups is 2. The number of phenolic OH excluding ortho intramolecular Hbond substituents is 1. The number of aromatic hydroxyl groups is 1. The first kappa shape index (κ1) is 38.5. The molecule has 1 amide bonds. The first-order valence-corrected chi connectivity index (χ1v) is 19.0. The van der Waals surface area contributed by atoms with E-state index in [1.54, 1.807) is 13.0 Å². The summed E-state index contributed by atoms with van der Waals surface area (Å²) in [5.41, 5.74) is 2.02. The molecular weight excluding hydrogens is 642 g/mol. The number of amides is 1. The minimum Gasteiger partial charge on any atom is -0.511 e. The van der Waals surface area contributed by atoms with E-state index in [0.717, 1.165) is 80.1 Å². The van der Waals surface area contributed by atoms with Crippen LogP contribution in [0.2, 0.25) is 0 Å². The molecule has 8 nitrogen and oxygen atoms in total. The van der Waals surface area contributed by atoms with Crippen molar-refractivity contribution >= 4 is 17.4 Å². The molecule has 0 saturated carbocycles. The summed E-state index contributed by atoms with van der Waals surface area (Å²) in [5, 5.41) is 38.8. The summed E-state index contributed by atoms with van der Waals surface area (Å²) in [6, 6.07) is 3.70. The number of ether oxygens (including phenoxy) is 2. The number of phenols is 1. The third-order valence-corrected chi connectivity index (χ3v) is 11.5. The number of hydrogen-bond donors (Lipinski definition) is 4. The second-order valence-corrected chi connectivity index (χ2v) is 16.1. The molecule has 51 heavy (non-hydrogen) atoms. The second-order valence-electron chi connectivity index (χ2n) is 16.1. The highest BCUT2D eigenvalue weighted by atomic mass is 16.6. The molecule has 4 atom stereocenters. The van der Waals surface area contributed by atoms with Crippen molar-refractivity contribution in [1.82, 2.24) is 5.32 Å². The molecule has 1 spiro atoms.